The standard InChI is InChI=1S/C15H18N4O4/c1-15(21)11(13(20)23-3)12(19-14(18-15)16-8-17-19)9-6-4-5-7-10(9)22-2/h4-8,11-12,21H,1-3H3,(H,16,17,18)/t11-,12+,15+/m1/s1. The van der Waals surface area contributed by atoms with Gasteiger partial charge in [-0.15, -0.1) is 0 Å². The number of aliphatic hydroxyl groups is 1. The summed E-state index contributed by atoms with van der Waals surface area (Å²) < 4.78 is 11.9. The normalized spacial score (nSPS) is 26.1. The van der Waals surface area contributed by atoms with Crippen LogP contribution in [0.4, 0.5) is 5.95 Å². The molecule has 122 valence electrons. The number of benzene rings is 1. The van der Waals surface area contributed by atoms with Crippen molar-refractivity contribution in [2.24, 2.45) is 5.92 Å². The minimum atomic E-state index is -1.55. The molecule has 1 aliphatic heterocycles. The van der Waals surface area contributed by atoms with Crippen molar-refractivity contribution in [3.05, 3.63) is 36.2 Å². The molecule has 2 N–H and O–H groups in total. The first kappa shape index (κ1) is 15.3. The van der Waals surface area contributed by atoms with Crippen molar-refractivity contribution in [2.75, 3.05) is 19.5 Å². The van der Waals surface area contributed by atoms with Crippen molar-refractivity contribution in [2.45, 2.75) is 18.7 Å². The van der Waals surface area contributed by atoms with Gasteiger partial charge in [-0.2, -0.15) is 10.1 Å². The van der Waals surface area contributed by atoms with E-state index in [4.69, 9.17) is 9.47 Å². The fourth-order valence-corrected chi connectivity index (χ4v) is 3.00. The second kappa shape index (κ2) is 5.54. The molecule has 0 aliphatic carbocycles. The number of ether oxygens (including phenoxy) is 2. The maximum absolute atomic E-state index is 12.4. The molecule has 8 heteroatoms. The number of hydrogen-bond acceptors (Lipinski definition) is 7. The first-order valence-corrected chi connectivity index (χ1v) is 7.10. The molecule has 0 amide bonds. The average Bonchev–Trinajstić information content (AvgIpc) is 2.99. The second-order valence-corrected chi connectivity index (χ2v) is 5.49. The Morgan fingerprint density at radius 1 is 1.39 bits per heavy atom. The molecule has 3 atom stereocenters. The maximum Gasteiger partial charge on any atom is 0.316 e. The van der Waals surface area contributed by atoms with Crippen molar-refractivity contribution in [1.29, 1.82) is 0 Å². The van der Waals surface area contributed by atoms with Crippen LogP contribution in [-0.4, -0.2) is 45.8 Å². The van der Waals surface area contributed by atoms with E-state index in [1.165, 1.54) is 20.4 Å². The number of aromatic nitrogens is 3. The van der Waals surface area contributed by atoms with Crippen LogP contribution in [0.25, 0.3) is 0 Å². The summed E-state index contributed by atoms with van der Waals surface area (Å²) in [5, 5.41) is 17.8. The van der Waals surface area contributed by atoms with E-state index >= 15 is 0 Å². The summed E-state index contributed by atoms with van der Waals surface area (Å²) in [6.45, 7) is 1.51. The molecule has 23 heavy (non-hydrogen) atoms. The van der Waals surface area contributed by atoms with Gasteiger partial charge in [0.25, 0.3) is 0 Å². The van der Waals surface area contributed by atoms with Gasteiger partial charge < -0.3 is 19.9 Å². The highest BCUT2D eigenvalue weighted by Gasteiger charge is 2.51. The monoisotopic (exact) mass is 318 g/mol. The van der Waals surface area contributed by atoms with Crippen LogP contribution in [0, 0.1) is 5.92 Å². The van der Waals surface area contributed by atoms with Gasteiger partial charge in [0.2, 0.25) is 5.95 Å². The summed E-state index contributed by atoms with van der Waals surface area (Å²) in [5.74, 6) is -0.533. The fourth-order valence-electron chi connectivity index (χ4n) is 3.00. The maximum atomic E-state index is 12.4. The zero-order valence-corrected chi connectivity index (χ0v) is 13.1. The number of carbonyl (C=O) groups excluding carboxylic acids is 1. The molecule has 1 aliphatic rings. The molecule has 8 nitrogen and oxygen atoms in total. The summed E-state index contributed by atoms with van der Waals surface area (Å²) in [7, 11) is 2.84. The highest BCUT2D eigenvalue weighted by Crippen LogP contribution is 2.43. The fraction of sp³-hybridized carbons (Fsp3) is 0.400. The molecule has 0 saturated carbocycles. The van der Waals surface area contributed by atoms with Crippen molar-refractivity contribution < 1.29 is 19.4 Å². The van der Waals surface area contributed by atoms with E-state index in [-0.39, 0.29) is 0 Å². The number of nitrogens with one attached hydrogen (secondary N) is 1. The Bertz CT molecular complexity index is 728. The SMILES string of the molecule is COC(=O)[C@H]1[C@H](c2ccccc2OC)n2ncnc2N[C@@]1(C)O. The van der Waals surface area contributed by atoms with Crippen molar-refractivity contribution in [3.63, 3.8) is 0 Å². The Labute approximate surface area is 133 Å². The molecule has 1 aromatic carbocycles. The predicted octanol–water partition coefficient (Wildman–Crippen LogP) is 0.799. The van der Waals surface area contributed by atoms with Crippen LogP contribution in [0.3, 0.4) is 0 Å². The lowest BCUT2D eigenvalue weighted by Gasteiger charge is -2.41. The molecule has 1 aromatic heterocycles. The zero-order valence-electron chi connectivity index (χ0n) is 13.1. The minimum absolute atomic E-state index is 0.367. The molecule has 2 heterocycles. The predicted molar refractivity (Wildman–Crippen MR) is 80.9 cm³/mol. The highest BCUT2D eigenvalue weighted by atomic mass is 16.5. The van der Waals surface area contributed by atoms with Crippen LogP contribution in [0.2, 0.25) is 0 Å². The van der Waals surface area contributed by atoms with E-state index < -0.39 is 23.7 Å². The highest BCUT2D eigenvalue weighted by molar-refractivity contribution is 5.76. The molecular formula is C15H18N4O4. The molecule has 0 unspecified atom stereocenters. The number of carbonyl (C=O) groups is 1. The Morgan fingerprint density at radius 3 is 2.83 bits per heavy atom. The van der Waals surface area contributed by atoms with Gasteiger partial charge in [-0.25, -0.2) is 4.68 Å². The summed E-state index contributed by atoms with van der Waals surface area (Å²) in [6.07, 6.45) is 1.36. The van der Waals surface area contributed by atoms with E-state index in [9.17, 15) is 9.90 Å². The van der Waals surface area contributed by atoms with E-state index in [2.05, 4.69) is 15.4 Å². The van der Waals surface area contributed by atoms with Crippen molar-refractivity contribution >= 4 is 11.9 Å². The number of methoxy groups -OCH3 is 2. The number of fused-ring (bicyclic) bond motifs is 1. The molecule has 2 aromatic rings. The second-order valence-electron chi connectivity index (χ2n) is 5.49. The van der Waals surface area contributed by atoms with Gasteiger partial charge in [-0.05, 0) is 13.0 Å². The topological polar surface area (TPSA) is 98.5 Å². The molecule has 0 spiro atoms. The number of rotatable bonds is 3. The number of anilines is 1. The van der Waals surface area contributed by atoms with Gasteiger partial charge in [0.05, 0.1) is 14.2 Å². The van der Waals surface area contributed by atoms with E-state index in [1.807, 2.05) is 18.2 Å². The van der Waals surface area contributed by atoms with Crippen LogP contribution in [-0.2, 0) is 9.53 Å². The third kappa shape index (κ3) is 2.40. The molecule has 0 fully saturated rings. The van der Waals surface area contributed by atoms with E-state index in [1.54, 1.807) is 17.9 Å². The Hall–Kier alpha value is -2.61. The van der Waals surface area contributed by atoms with Crippen LogP contribution in [0.1, 0.15) is 18.5 Å². The largest absolute Gasteiger partial charge is 0.496 e. The third-order valence-corrected chi connectivity index (χ3v) is 4.04. The van der Waals surface area contributed by atoms with Crippen molar-refractivity contribution in [3.8, 4) is 5.75 Å². The molecular weight excluding hydrogens is 300 g/mol. The molecule has 0 radical (unpaired) electrons. The van der Waals surface area contributed by atoms with Gasteiger partial charge in [0, 0.05) is 5.56 Å². The van der Waals surface area contributed by atoms with Gasteiger partial charge in [-0.1, -0.05) is 18.2 Å². The van der Waals surface area contributed by atoms with Crippen LogP contribution in [0.5, 0.6) is 5.75 Å². The zero-order chi connectivity index (χ0) is 16.6. The lowest BCUT2D eigenvalue weighted by molar-refractivity contribution is -0.156. The van der Waals surface area contributed by atoms with Crippen molar-refractivity contribution in [1.82, 2.24) is 14.8 Å². The smallest absolute Gasteiger partial charge is 0.316 e. The number of esters is 1. The van der Waals surface area contributed by atoms with Gasteiger partial charge in [0.15, 0.2) is 5.72 Å². The minimum Gasteiger partial charge on any atom is -0.496 e. The number of nitrogens with zero attached hydrogens (tertiary/aromatic N) is 3. The quantitative estimate of drug-likeness (QED) is 0.808. The Balaban J connectivity index is 2.22. The Morgan fingerprint density at radius 2 is 2.13 bits per heavy atom. The number of para-hydroxylation sites is 1. The summed E-state index contributed by atoms with van der Waals surface area (Å²) in [5.41, 5.74) is -0.847. The summed E-state index contributed by atoms with van der Waals surface area (Å²) >= 11 is 0. The lowest BCUT2D eigenvalue weighted by atomic mass is 9.83. The van der Waals surface area contributed by atoms with E-state index in [0.717, 1.165) is 0 Å². The Kier molecular flexibility index (Phi) is 3.69. The first-order chi connectivity index (χ1) is 11.0. The summed E-state index contributed by atoms with van der Waals surface area (Å²) in [4.78, 5) is 16.5. The molecule has 0 saturated heterocycles. The van der Waals surface area contributed by atoms with Crippen LogP contribution < -0.4 is 10.1 Å². The van der Waals surface area contributed by atoms with E-state index in [0.29, 0.717) is 17.3 Å². The van der Waals surface area contributed by atoms with Crippen LogP contribution in [0.15, 0.2) is 30.6 Å². The van der Waals surface area contributed by atoms with Gasteiger partial charge in [0.1, 0.15) is 24.0 Å². The number of hydrogen-bond donors (Lipinski definition) is 2. The average molecular weight is 318 g/mol. The van der Waals surface area contributed by atoms with Gasteiger partial charge >= 0.3 is 5.97 Å². The lowest BCUT2D eigenvalue weighted by Crippen LogP contribution is -2.55. The molecule has 0 bridgehead atoms. The summed E-state index contributed by atoms with van der Waals surface area (Å²) in [6, 6.07) is 6.66. The molecule has 3 rings (SSSR count). The third-order valence-electron chi connectivity index (χ3n) is 4.04. The van der Waals surface area contributed by atoms with Gasteiger partial charge in [-0.3, -0.25) is 4.79 Å². The first-order valence-electron chi connectivity index (χ1n) is 7.10. The van der Waals surface area contributed by atoms with Crippen LogP contribution >= 0.6 is 0 Å².